The highest BCUT2D eigenvalue weighted by Crippen LogP contribution is 2.22. The molecule has 2 rings (SSSR count). The molecule has 1 N–H and O–H groups in total. The number of aryl methyl sites for hydroxylation is 2. The topological polar surface area (TPSA) is 69.6 Å². The standard InChI is InChI=1S/C14H22N4O2/c1-9-12(14(19)20)10(2)16-13(15-9)11-8-17(3)6-5-7-18(11)4/h11H,5-8H2,1-4H3,(H,19,20). The van der Waals surface area contributed by atoms with E-state index in [0.717, 1.165) is 31.9 Å². The zero-order valence-electron chi connectivity index (χ0n) is 12.6. The van der Waals surface area contributed by atoms with E-state index in [0.29, 0.717) is 11.4 Å². The van der Waals surface area contributed by atoms with Gasteiger partial charge in [0, 0.05) is 6.54 Å². The Kier molecular flexibility index (Phi) is 4.35. The lowest BCUT2D eigenvalue weighted by Gasteiger charge is -2.26. The second-order valence-corrected chi connectivity index (χ2v) is 5.54. The van der Waals surface area contributed by atoms with E-state index in [1.54, 1.807) is 13.8 Å². The van der Waals surface area contributed by atoms with Crippen LogP contribution in [0, 0.1) is 13.8 Å². The van der Waals surface area contributed by atoms with Gasteiger partial charge >= 0.3 is 5.97 Å². The van der Waals surface area contributed by atoms with Crippen molar-refractivity contribution < 1.29 is 9.90 Å². The molecule has 0 aliphatic carbocycles. The monoisotopic (exact) mass is 278 g/mol. The van der Waals surface area contributed by atoms with Crippen molar-refractivity contribution >= 4 is 5.97 Å². The summed E-state index contributed by atoms with van der Waals surface area (Å²) in [6.45, 7) is 6.40. The zero-order chi connectivity index (χ0) is 14.9. The average Bonchev–Trinajstić information content (AvgIpc) is 2.49. The van der Waals surface area contributed by atoms with Crippen LogP contribution < -0.4 is 0 Å². The first kappa shape index (κ1) is 14.9. The predicted molar refractivity (Wildman–Crippen MR) is 76.0 cm³/mol. The number of carboxylic acids is 1. The van der Waals surface area contributed by atoms with E-state index in [1.165, 1.54) is 0 Å². The maximum atomic E-state index is 11.2. The lowest BCUT2D eigenvalue weighted by Crippen LogP contribution is -2.32. The molecule has 6 heteroatoms. The van der Waals surface area contributed by atoms with E-state index in [4.69, 9.17) is 0 Å². The maximum Gasteiger partial charge on any atom is 0.339 e. The molecule has 1 fully saturated rings. The van der Waals surface area contributed by atoms with Gasteiger partial charge in [0.25, 0.3) is 0 Å². The molecule has 1 aromatic rings. The third kappa shape index (κ3) is 2.96. The summed E-state index contributed by atoms with van der Waals surface area (Å²) in [4.78, 5) is 24.6. The van der Waals surface area contributed by atoms with E-state index in [2.05, 4.69) is 33.9 Å². The fraction of sp³-hybridized carbons (Fsp3) is 0.643. The van der Waals surface area contributed by atoms with E-state index in [1.807, 2.05) is 0 Å². The number of carboxylic acid groups (broad SMARTS) is 1. The van der Waals surface area contributed by atoms with Gasteiger partial charge in [0.2, 0.25) is 0 Å². The molecule has 1 atom stereocenters. The second kappa shape index (κ2) is 5.85. The number of carbonyl (C=O) groups is 1. The van der Waals surface area contributed by atoms with Crippen LogP contribution in [0.15, 0.2) is 0 Å². The molecule has 1 unspecified atom stereocenters. The Morgan fingerprint density at radius 3 is 2.35 bits per heavy atom. The van der Waals surface area contributed by atoms with Crippen molar-refractivity contribution in [2.24, 2.45) is 0 Å². The lowest BCUT2D eigenvalue weighted by molar-refractivity contribution is 0.0694. The Labute approximate surface area is 119 Å². The fourth-order valence-corrected chi connectivity index (χ4v) is 2.75. The van der Waals surface area contributed by atoms with Crippen LogP contribution in [0.2, 0.25) is 0 Å². The van der Waals surface area contributed by atoms with Gasteiger partial charge in [-0.2, -0.15) is 0 Å². The van der Waals surface area contributed by atoms with E-state index < -0.39 is 5.97 Å². The van der Waals surface area contributed by atoms with Crippen LogP contribution in [0.3, 0.4) is 0 Å². The van der Waals surface area contributed by atoms with Gasteiger partial charge in [0.15, 0.2) is 0 Å². The van der Waals surface area contributed by atoms with Gasteiger partial charge in [-0.25, -0.2) is 14.8 Å². The molecule has 0 bridgehead atoms. The molecule has 1 aliphatic rings. The second-order valence-electron chi connectivity index (χ2n) is 5.54. The largest absolute Gasteiger partial charge is 0.478 e. The predicted octanol–water partition coefficient (Wildman–Crippen LogP) is 1.10. The van der Waals surface area contributed by atoms with Crippen LogP contribution in [-0.4, -0.2) is 64.6 Å². The first-order valence-corrected chi connectivity index (χ1v) is 6.87. The summed E-state index contributed by atoms with van der Waals surface area (Å²) in [6, 6.07) is 0.114. The van der Waals surface area contributed by atoms with Crippen molar-refractivity contribution in [3.8, 4) is 0 Å². The molecule has 0 amide bonds. The molecule has 20 heavy (non-hydrogen) atoms. The smallest absolute Gasteiger partial charge is 0.339 e. The number of nitrogens with zero attached hydrogens (tertiary/aromatic N) is 4. The maximum absolute atomic E-state index is 11.2. The van der Waals surface area contributed by atoms with Gasteiger partial charge < -0.3 is 10.0 Å². The molecule has 1 aromatic heterocycles. The van der Waals surface area contributed by atoms with Crippen molar-refractivity contribution in [1.29, 1.82) is 0 Å². The van der Waals surface area contributed by atoms with Gasteiger partial charge in [-0.15, -0.1) is 0 Å². The summed E-state index contributed by atoms with van der Waals surface area (Å²) in [6.07, 6.45) is 1.12. The summed E-state index contributed by atoms with van der Waals surface area (Å²) in [7, 11) is 4.17. The van der Waals surface area contributed by atoms with Crippen LogP contribution in [0.5, 0.6) is 0 Å². The van der Waals surface area contributed by atoms with Gasteiger partial charge in [-0.3, -0.25) is 4.90 Å². The summed E-state index contributed by atoms with van der Waals surface area (Å²) in [5.41, 5.74) is 1.30. The Morgan fingerprint density at radius 1 is 1.20 bits per heavy atom. The first-order valence-electron chi connectivity index (χ1n) is 6.87. The average molecular weight is 278 g/mol. The summed E-state index contributed by atoms with van der Waals surface area (Å²) < 4.78 is 0. The first-order chi connectivity index (χ1) is 9.40. The van der Waals surface area contributed by atoms with Crippen LogP contribution in [0.1, 0.15) is 40.0 Å². The van der Waals surface area contributed by atoms with Crippen molar-refractivity contribution in [1.82, 2.24) is 19.8 Å². The molecule has 0 saturated carbocycles. The summed E-state index contributed by atoms with van der Waals surface area (Å²) >= 11 is 0. The number of hydrogen-bond acceptors (Lipinski definition) is 5. The third-order valence-electron chi connectivity index (χ3n) is 3.87. The molecule has 2 heterocycles. The number of aromatic carboxylic acids is 1. The van der Waals surface area contributed by atoms with Gasteiger partial charge in [0.05, 0.1) is 17.4 Å². The van der Waals surface area contributed by atoms with E-state index >= 15 is 0 Å². The van der Waals surface area contributed by atoms with Crippen molar-refractivity contribution in [2.75, 3.05) is 33.7 Å². The molecule has 1 saturated heterocycles. The van der Waals surface area contributed by atoms with E-state index in [-0.39, 0.29) is 11.6 Å². The molecule has 110 valence electrons. The molecular formula is C14H22N4O2. The number of hydrogen-bond donors (Lipinski definition) is 1. The highest BCUT2D eigenvalue weighted by Gasteiger charge is 2.26. The van der Waals surface area contributed by atoms with E-state index in [9.17, 15) is 9.90 Å². The minimum atomic E-state index is -0.960. The number of aromatic nitrogens is 2. The molecule has 6 nitrogen and oxygen atoms in total. The zero-order valence-corrected chi connectivity index (χ0v) is 12.6. The number of rotatable bonds is 2. The Bertz CT molecular complexity index is 495. The lowest BCUT2D eigenvalue weighted by atomic mass is 10.1. The molecule has 1 aliphatic heterocycles. The quantitative estimate of drug-likeness (QED) is 0.873. The van der Waals surface area contributed by atoms with Crippen molar-refractivity contribution in [2.45, 2.75) is 26.3 Å². The summed E-state index contributed by atoms with van der Waals surface area (Å²) in [5.74, 6) is -0.237. The summed E-state index contributed by atoms with van der Waals surface area (Å²) in [5, 5.41) is 9.19. The van der Waals surface area contributed by atoms with Gasteiger partial charge in [-0.05, 0) is 47.5 Å². The normalized spacial score (nSPS) is 21.7. The van der Waals surface area contributed by atoms with Crippen molar-refractivity contribution in [3.63, 3.8) is 0 Å². The van der Waals surface area contributed by atoms with Crippen LogP contribution in [0.25, 0.3) is 0 Å². The molecule has 0 spiro atoms. The highest BCUT2D eigenvalue weighted by molar-refractivity contribution is 5.89. The van der Waals surface area contributed by atoms with Gasteiger partial charge in [-0.1, -0.05) is 0 Å². The highest BCUT2D eigenvalue weighted by atomic mass is 16.4. The van der Waals surface area contributed by atoms with Gasteiger partial charge in [0.1, 0.15) is 11.4 Å². The van der Waals surface area contributed by atoms with Crippen LogP contribution >= 0.6 is 0 Å². The van der Waals surface area contributed by atoms with Crippen LogP contribution in [-0.2, 0) is 0 Å². The fourth-order valence-electron chi connectivity index (χ4n) is 2.75. The third-order valence-corrected chi connectivity index (χ3v) is 3.87. The van der Waals surface area contributed by atoms with Crippen molar-refractivity contribution in [3.05, 3.63) is 22.8 Å². The molecule has 0 aromatic carbocycles. The van der Waals surface area contributed by atoms with Crippen LogP contribution in [0.4, 0.5) is 0 Å². The Hall–Kier alpha value is -1.53. The number of likely N-dealkylation sites (N-methyl/N-ethyl adjacent to an activating group) is 2. The molecule has 0 radical (unpaired) electrons. The Morgan fingerprint density at radius 2 is 1.80 bits per heavy atom. The minimum absolute atomic E-state index is 0.114. The molecular weight excluding hydrogens is 256 g/mol. The Balaban J connectivity index is 2.39. The minimum Gasteiger partial charge on any atom is -0.478 e. The SMILES string of the molecule is Cc1nc(C2CN(C)CCCN2C)nc(C)c1C(=O)O.